The summed E-state index contributed by atoms with van der Waals surface area (Å²) >= 11 is 0. The summed E-state index contributed by atoms with van der Waals surface area (Å²) in [6.45, 7) is 5.99. The van der Waals surface area contributed by atoms with Gasteiger partial charge in [-0.05, 0) is 43.4 Å². The quantitative estimate of drug-likeness (QED) is 0.533. The Kier molecular flexibility index (Phi) is 7.30. The molecule has 1 amide bonds. The van der Waals surface area contributed by atoms with Gasteiger partial charge in [-0.2, -0.15) is 5.26 Å². The summed E-state index contributed by atoms with van der Waals surface area (Å²) in [4.78, 5) is 22.8. The second-order valence-electron chi connectivity index (χ2n) is 7.66. The molecule has 0 saturated carbocycles. The van der Waals surface area contributed by atoms with Gasteiger partial charge in [-0.25, -0.2) is 4.98 Å². The monoisotopic (exact) mass is 430 g/mol. The van der Waals surface area contributed by atoms with Gasteiger partial charge in [0, 0.05) is 42.7 Å². The molecule has 2 atom stereocenters. The summed E-state index contributed by atoms with van der Waals surface area (Å²) in [7, 11) is 0. The zero-order valence-corrected chi connectivity index (χ0v) is 18.2. The smallest absolute Gasteiger partial charge is 0.295 e. The standard InChI is InChI=1S/C24H26N6O2/c1-4-23(31)29-19-8-16(3)14-30(15-19)22-7-6-17(12-27-22)21-9-20(32-5-2)13-28-24(21)18(10-25)11-26/h1,6-7,9-10,12-13,16,19H,5,8,14-15,25H2,2-3H3,(H,29,31)/b18-10-. The molecule has 0 aromatic carbocycles. The van der Waals surface area contributed by atoms with Gasteiger partial charge in [0.2, 0.25) is 0 Å². The lowest BCUT2D eigenvalue weighted by atomic mass is 9.95. The fraction of sp³-hybridized carbons (Fsp3) is 0.333. The highest BCUT2D eigenvalue weighted by Gasteiger charge is 2.26. The number of nitrogens with zero attached hydrogens (tertiary/aromatic N) is 4. The van der Waals surface area contributed by atoms with E-state index < -0.39 is 5.91 Å². The second-order valence-corrected chi connectivity index (χ2v) is 7.66. The van der Waals surface area contributed by atoms with E-state index in [0.717, 1.165) is 24.3 Å². The first kappa shape index (κ1) is 22.6. The van der Waals surface area contributed by atoms with Crippen molar-refractivity contribution in [2.45, 2.75) is 26.3 Å². The Bertz CT molecular complexity index is 1080. The van der Waals surface area contributed by atoms with E-state index in [-0.39, 0.29) is 11.6 Å². The number of ether oxygens (including phenoxy) is 1. The minimum Gasteiger partial charge on any atom is -0.492 e. The maximum absolute atomic E-state index is 11.6. The van der Waals surface area contributed by atoms with Gasteiger partial charge in [0.15, 0.2) is 0 Å². The molecular weight excluding hydrogens is 404 g/mol. The van der Waals surface area contributed by atoms with E-state index in [9.17, 15) is 10.1 Å². The fourth-order valence-corrected chi connectivity index (χ4v) is 3.90. The lowest BCUT2D eigenvalue weighted by molar-refractivity contribution is -0.116. The molecule has 3 heterocycles. The average molecular weight is 431 g/mol. The number of nitrogens with two attached hydrogens (primary N) is 1. The molecule has 3 rings (SSSR count). The van der Waals surface area contributed by atoms with Crippen molar-refractivity contribution < 1.29 is 9.53 Å². The van der Waals surface area contributed by atoms with Crippen LogP contribution >= 0.6 is 0 Å². The summed E-state index contributed by atoms with van der Waals surface area (Å²) in [6.07, 6.45) is 10.6. The Morgan fingerprint density at radius 2 is 2.22 bits per heavy atom. The van der Waals surface area contributed by atoms with Crippen LogP contribution in [0.25, 0.3) is 16.7 Å². The van der Waals surface area contributed by atoms with Gasteiger partial charge in [-0.1, -0.05) is 6.92 Å². The van der Waals surface area contributed by atoms with Crippen molar-refractivity contribution in [3.8, 4) is 35.3 Å². The van der Waals surface area contributed by atoms with Gasteiger partial charge in [-0.3, -0.25) is 9.78 Å². The fourth-order valence-electron chi connectivity index (χ4n) is 3.90. The van der Waals surface area contributed by atoms with Gasteiger partial charge in [-0.15, -0.1) is 6.42 Å². The molecule has 8 heteroatoms. The summed E-state index contributed by atoms with van der Waals surface area (Å²) in [5.41, 5.74) is 7.86. The van der Waals surface area contributed by atoms with Crippen LogP contribution in [0.2, 0.25) is 0 Å². The SMILES string of the molecule is C#CC(=O)NC1CC(C)CN(c2ccc(-c3cc(OCC)cnc3/C(C#N)=C\N)cn2)C1. The van der Waals surface area contributed by atoms with Crippen LogP contribution in [0.4, 0.5) is 5.82 Å². The molecule has 2 aromatic rings. The van der Waals surface area contributed by atoms with Gasteiger partial charge in [0.05, 0.1) is 24.1 Å². The van der Waals surface area contributed by atoms with Gasteiger partial charge in [0.25, 0.3) is 5.91 Å². The van der Waals surface area contributed by atoms with Crippen LogP contribution in [0.3, 0.4) is 0 Å². The number of terminal acetylenes is 1. The molecule has 164 valence electrons. The highest BCUT2D eigenvalue weighted by atomic mass is 16.5. The number of pyridine rings is 2. The third-order valence-electron chi connectivity index (χ3n) is 5.22. The molecule has 2 unspecified atom stereocenters. The maximum atomic E-state index is 11.6. The number of hydrogen-bond donors (Lipinski definition) is 2. The molecule has 8 nitrogen and oxygen atoms in total. The van der Waals surface area contributed by atoms with Crippen LogP contribution in [0.1, 0.15) is 26.0 Å². The second kappa shape index (κ2) is 10.3. The molecule has 0 aliphatic carbocycles. The Morgan fingerprint density at radius 3 is 2.84 bits per heavy atom. The number of carbonyl (C=O) groups is 1. The summed E-state index contributed by atoms with van der Waals surface area (Å²) < 4.78 is 5.58. The van der Waals surface area contributed by atoms with Gasteiger partial charge < -0.3 is 20.7 Å². The molecule has 1 fully saturated rings. The molecular formula is C24H26N6O2. The first-order chi connectivity index (χ1) is 15.5. The molecule has 1 aliphatic rings. The number of carbonyl (C=O) groups excluding carboxylic acids is 1. The predicted octanol–water partition coefficient (Wildman–Crippen LogP) is 2.33. The van der Waals surface area contributed by atoms with Gasteiger partial charge in [0.1, 0.15) is 17.6 Å². The van der Waals surface area contributed by atoms with Gasteiger partial charge >= 0.3 is 0 Å². The lowest BCUT2D eigenvalue weighted by Gasteiger charge is -2.37. The van der Waals surface area contributed by atoms with Crippen molar-refractivity contribution in [3.05, 3.63) is 42.5 Å². The van der Waals surface area contributed by atoms with Crippen molar-refractivity contribution in [3.63, 3.8) is 0 Å². The van der Waals surface area contributed by atoms with Crippen molar-refractivity contribution in [2.24, 2.45) is 11.7 Å². The van der Waals surface area contributed by atoms with Crippen LogP contribution in [0.15, 0.2) is 36.8 Å². The normalized spacial score (nSPS) is 18.4. The minimum absolute atomic E-state index is 0.0321. The third-order valence-corrected chi connectivity index (χ3v) is 5.22. The number of rotatable bonds is 6. The van der Waals surface area contributed by atoms with Crippen molar-refractivity contribution in [1.82, 2.24) is 15.3 Å². The summed E-state index contributed by atoms with van der Waals surface area (Å²) in [5.74, 6) is 3.48. The van der Waals surface area contributed by atoms with E-state index in [2.05, 4.69) is 39.1 Å². The zero-order chi connectivity index (χ0) is 23.1. The number of hydrogen-bond acceptors (Lipinski definition) is 7. The lowest BCUT2D eigenvalue weighted by Crippen LogP contribution is -2.50. The average Bonchev–Trinajstić information content (AvgIpc) is 2.80. The Labute approximate surface area is 188 Å². The largest absolute Gasteiger partial charge is 0.492 e. The minimum atomic E-state index is -0.400. The van der Waals surface area contributed by atoms with E-state index in [1.807, 2.05) is 25.1 Å². The van der Waals surface area contributed by atoms with Crippen LogP contribution in [-0.2, 0) is 4.79 Å². The molecule has 2 aromatic heterocycles. The van der Waals surface area contributed by atoms with Crippen LogP contribution in [0.5, 0.6) is 5.75 Å². The topological polar surface area (TPSA) is 117 Å². The number of anilines is 1. The molecule has 0 bridgehead atoms. The van der Waals surface area contributed by atoms with E-state index in [1.165, 1.54) is 6.20 Å². The number of aromatic nitrogens is 2. The number of amides is 1. The zero-order valence-electron chi connectivity index (χ0n) is 18.2. The Morgan fingerprint density at radius 1 is 1.41 bits per heavy atom. The van der Waals surface area contributed by atoms with E-state index in [1.54, 1.807) is 12.4 Å². The van der Waals surface area contributed by atoms with E-state index in [4.69, 9.17) is 16.9 Å². The number of piperidine rings is 1. The molecule has 32 heavy (non-hydrogen) atoms. The maximum Gasteiger partial charge on any atom is 0.295 e. The van der Waals surface area contributed by atoms with Crippen LogP contribution in [0, 0.1) is 29.6 Å². The molecule has 1 aliphatic heterocycles. The predicted molar refractivity (Wildman–Crippen MR) is 123 cm³/mol. The molecule has 0 spiro atoms. The van der Waals surface area contributed by atoms with Crippen LogP contribution < -0.4 is 20.7 Å². The molecule has 1 saturated heterocycles. The number of nitrogens with one attached hydrogen (secondary N) is 1. The van der Waals surface area contributed by atoms with E-state index in [0.29, 0.717) is 36.1 Å². The first-order valence-corrected chi connectivity index (χ1v) is 10.4. The summed E-state index contributed by atoms with van der Waals surface area (Å²) in [5, 5.41) is 12.3. The van der Waals surface area contributed by atoms with Crippen LogP contribution in [-0.4, -0.2) is 41.6 Å². The van der Waals surface area contributed by atoms with Crippen molar-refractivity contribution in [2.75, 3.05) is 24.6 Å². The van der Waals surface area contributed by atoms with Crippen molar-refractivity contribution >= 4 is 17.3 Å². The summed E-state index contributed by atoms with van der Waals surface area (Å²) in [6, 6.07) is 7.73. The first-order valence-electron chi connectivity index (χ1n) is 10.4. The highest BCUT2D eigenvalue weighted by Crippen LogP contribution is 2.31. The number of nitriles is 1. The molecule has 0 radical (unpaired) electrons. The van der Waals surface area contributed by atoms with E-state index >= 15 is 0 Å². The third kappa shape index (κ3) is 5.16. The molecule has 3 N–H and O–H groups in total. The van der Waals surface area contributed by atoms with Crippen molar-refractivity contribution in [1.29, 1.82) is 5.26 Å². The number of allylic oxidation sites excluding steroid dienone is 1. The Balaban J connectivity index is 1.90. The highest BCUT2D eigenvalue weighted by molar-refractivity contribution is 5.93. The Hall–Kier alpha value is -4.04.